The van der Waals surface area contributed by atoms with Crippen molar-refractivity contribution in [2.24, 2.45) is 11.7 Å². The quantitative estimate of drug-likeness (QED) is 0.652. The van der Waals surface area contributed by atoms with Gasteiger partial charge in [0.05, 0.1) is 6.61 Å². The Morgan fingerprint density at radius 3 is 2.50 bits per heavy atom. The fourth-order valence-electron chi connectivity index (χ4n) is 0.934. The fraction of sp³-hybridized carbons (Fsp3) is 0.875. The number of hydrogen-bond donors (Lipinski definition) is 1. The summed E-state index contributed by atoms with van der Waals surface area (Å²) < 4.78 is 4.95. The van der Waals surface area contributed by atoms with Crippen LogP contribution in [0.1, 0.15) is 13.8 Å². The molecule has 0 rings (SSSR count). The second kappa shape index (κ2) is 6.20. The molecule has 0 bridgehead atoms. The molecule has 0 aliphatic carbocycles. The van der Waals surface area contributed by atoms with Crippen molar-refractivity contribution < 1.29 is 4.74 Å². The normalized spacial score (nSPS) is 10.3. The summed E-state index contributed by atoms with van der Waals surface area (Å²) in [5.74, 6) is 0.573. The zero-order chi connectivity index (χ0) is 9.56. The molecule has 0 radical (unpaired) electrons. The number of nitrogens with two attached hydrogens (primary N) is 1. The van der Waals surface area contributed by atoms with Gasteiger partial charge in [-0.1, -0.05) is 13.8 Å². The standard InChI is InChI=1S/C8H18N2OS/c1-7(2)6-10(8(9)12)4-5-11-3/h7H,4-6H2,1-3H3,(H2,9,12). The maximum absolute atomic E-state index is 5.53. The molecular formula is C8H18N2OS. The van der Waals surface area contributed by atoms with Crippen LogP contribution < -0.4 is 5.73 Å². The molecule has 4 heteroatoms. The molecule has 0 aliphatic rings. The minimum absolute atomic E-state index is 0.459. The second-order valence-corrected chi connectivity index (χ2v) is 3.59. The maximum atomic E-state index is 5.53. The largest absolute Gasteiger partial charge is 0.383 e. The molecule has 0 aromatic carbocycles. The van der Waals surface area contributed by atoms with E-state index in [0.29, 0.717) is 17.6 Å². The summed E-state index contributed by atoms with van der Waals surface area (Å²) in [6.07, 6.45) is 0. The van der Waals surface area contributed by atoms with Gasteiger partial charge in [-0.2, -0.15) is 0 Å². The Kier molecular flexibility index (Phi) is 6.02. The van der Waals surface area contributed by atoms with Gasteiger partial charge in [-0.15, -0.1) is 0 Å². The number of thiocarbonyl (C=S) groups is 1. The second-order valence-electron chi connectivity index (χ2n) is 3.17. The van der Waals surface area contributed by atoms with E-state index in [2.05, 4.69) is 13.8 Å². The summed E-state index contributed by atoms with van der Waals surface area (Å²) in [5.41, 5.74) is 5.53. The molecule has 0 aromatic rings. The summed E-state index contributed by atoms with van der Waals surface area (Å²) in [5, 5.41) is 0.459. The molecule has 0 spiro atoms. The van der Waals surface area contributed by atoms with Gasteiger partial charge in [0.1, 0.15) is 0 Å². The average Bonchev–Trinajstić information content (AvgIpc) is 1.96. The van der Waals surface area contributed by atoms with Crippen LogP contribution in [-0.4, -0.2) is 36.8 Å². The van der Waals surface area contributed by atoms with Gasteiger partial charge in [0, 0.05) is 20.2 Å². The molecule has 0 unspecified atom stereocenters. The zero-order valence-corrected chi connectivity index (χ0v) is 8.86. The highest BCUT2D eigenvalue weighted by Crippen LogP contribution is 1.97. The van der Waals surface area contributed by atoms with Gasteiger partial charge in [-0.25, -0.2) is 0 Å². The highest BCUT2D eigenvalue weighted by Gasteiger charge is 2.07. The lowest BCUT2D eigenvalue weighted by Crippen LogP contribution is -2.40. The van der Waals surface area contributed by atoms with E-state index in [1.807, 2.05) is 4.90 Å². The van der Waals surface area contributed by atoms with Crippen LogP contribution in [-0.2, 0) is 4.74 Å². The van der Waals surface area contributed by atoms with E-state index in [1.54, 1.807) is 7.11 Å². The minimum Gasteiger partial charge on any atom is -0.383 e. The Hall–Kier alpha value is -0.350. The molecule has 0 aromatic heterocycles. The molecular weight excluding hydrogens is 172 g/mol. The van der Waals surface area contributed by atoms with Crippen molar-refractivity contribution in [2.45, 2.75) is 13.8 Å². The number of hydrogen-bond acceptors (Lipinski definition) is 2. The third-order valence-electron chi connectivity index (χ3n) is 1.46. The SMILES string of the molecule is COCCN(CC(C)C)C(N)=S. The topological polar surface area (TPSA) is 38.5 Å². The van der Waals surface area contributed by atoms with Crippen LogP contribution in [0.5, 0.6) is 0 Å². The van der Waals surface area contributed by atoms with Crippen molar-refractivity contribution in [1.82, 2.24) is 4.90 Å². The monoisotopic (exact) mass is 190 g/mol. The summed E-state index contributed by atoms with van der Waals surface area (Å²) >= 11 is 4.90. The molecule has 0 fully saturated rings. The van der Waals surface area contributed by atoms with Gasteiger partial charge in [0.25, 0.3) is 0 Å². The van der Waals surface area contributed by atoms with E-state index in [-0.39, 0.29) is 0 Å². The first kappa shape index (κ1) is 11.6. The van der Waals surface area contributed by atoms with Crippen LogP contribution in [0.2, 0.25) is 0 Å². The van der Waals surface area contributed by atoms with Crippen molar-refractivity contribution in [3.63, 3.8) is 0 Å². The van der Waals surface area contributed by atoms with Gasteiger partial charge in [0.15, 0.2) is 5.11 Å². The third-order valence-corrected chi connectivity index (χ3v) is 1.72. The van der Waals surface area contributed by atoms with Gasteiger partial charge in [-0.3, -0.25) is 0 Å². The number of methoxy groups -OCH3 is 1. The van der Waals surface area contributed by atoms with Gasteiger partial charge in [-0.05, 0) is 18.1 Å². The van der Waals surface area contributed by atoms with Crippen molar-refractivity contribution in [3.05, 3.63) is 0 Å². The molecule has 0 heterocycles. The van der Waals surface area contributed by atoms with E-state index in [0.717, 1.165) is 13.1 Å². The van der Waals surface area contributed by atoms with Crippen LogP contribution in [0.4, 0.5) is 0 Å². The highest BCUT2D eigenvalue weighted by atomic mass is 32.1. The Morgan fingerprint density at radius 1 is 1.58 bits per heavy atom. The van der Waals surface area contributed by atoms with E-state index < -0.39 is 0 Å². The third kappa shape index (κ3) is 5.32. The van der Waals surface area contributed by atoms with Gasteiger partial charge in [0.2, 0.25) is 0 Å². The lowest BCUT2D eigenvalue weighted by atomic mass is 10.2. The molecule has 0 atom stereocenters. The first-order chi connectivity index (χ1) is 5.57. The van der Waals surface area contributed by atoms with E-state index in [4.69, 9.17) is 22.7 Å². The lowest BCUT2D eigenvalue weighted by molar-refractivity contribution is 0.172. The molecule has 2 N–H and O–H groups in total. The molecule has 0 amide bonds. The molecule has 3 nitrogen and oxygen atoms in total. The smallest absolute Gasteiger partial charge is 0.166 e. The zero-order valence-electron chi connectivity index (χ0n) is 8.04. The number of ether oxygens (including phenoxy) is 1. The maximum Gasteiger partial charge on any atom is 0.166 e. The van der Waals surface area contributed by atoms with Crippen LogP contribution >= 0.6 is 12.2 Å². The Bertz CT molecular complexity index is 139. The first-order valence-corrected chi connectivity index (χ1v) is 4.52. The molecule has 0 saturated heterocycles. The summed E-state index contributed by atoms with van der Waals surface area (Å²) in [6, 6.07) is 0. The van der Waals surface area contributed by atoms with E-state index >= 15 is 0 Å². The predicted molar refractivity (Wildman–Crippen MR) is 55.1 cm³/mol. The Morgan fingerprint density at radius 2 is 2.17 bits per heavy atom. The van der Waals surface area contributed by atoms with E-state index in [9.17, 15) is 0 Å². The van der Waals surface area contributed by atoms with Crippen LogP contribution in [0.15, 0.2) is 0 Å². The van der Waals surface area contributed by atoms with Crippen molar-refractivity contribution in [3.8, 4) is 0 Å². The number of nitrogens with zero attached hydrogens (tertiary/aromatic N) is 1. The fourth-order valence-corrected chi connectivity index (χ4v) is 1.10. The first-order valence-electron chi connectivity index (χ1n) is 4.11. The Labute approximate surface area is 79.9 Å². The van der Waals surface area contributed by atoms with Crippen molar-refractivity contribution >= 4 is 17.3 Å². The summed E-state index contributed by atoms with van der Waals surface area (Å²) in [4.78, 5) is 1.96. The summed E-state index contributed by atoms with van der Waals surface area (Å²) in [6.45, 7) is 6.63. The van der Waals surface area contributed by atoms with Crippen LogP contribution in [0.3, 0.4) is 0 Å². The van der Waals surface area contributed by atoms with Crippen LogP contribution in [0, 0.1) is 5.92 Å². The van der Waals surface area contributed by atoms with Crippen LogP contribution in [0.25, 0.3) is 0 Å². The molecule has 0 saturated carbocycles. The number of rotatable bonds is 5. The summed E-state index contributed by atoms with van der Waals surface area (Å²) in [7, 11) is 1.67. The van der Waals surface area contributed by atoms with Crippen molar-refractivity contribution in [1.29, 1.82) is 0 Å². The van der Waals surface area contributed by atoms with Gasteiger partial charge >= 0.3 is 0 Å². The molecule has 72 valence electrons. The predicted octanol–water partition coefficient (Wildman–Crippen LogP) is 0.834. The van der Waals surface area contributed by atoms with E-state index in [1.165, 1.54) is 0 Å². The average molecular weight is 190 g/mol. The molecule has 0 aliphatic heterocycles. The van der Waals surface area contributed by atoms with Crippen molar-refractivity contribution in [2.75, 3.05) is 26.8 Å². The minimum atomic E-state index is 0.459. The Balaban J connectivity index is 3.78. The highest BCUT2D eigenvalue weighted by molar-refractivity contribution is 7.80. The molecule has 12 heavy (non-hydrogen) atoms. The van der Waals surface area contributed by atoms with Gasteiger partial charge < -0.3 is 15.4 Å². The lowest BCUT2D eigenvalue weighted by Gasteiger charge is -2.24.